The number of rotatable bonds is 11. The van der Waals surface area contributed by atoms with Gasteiger partial charge >= 0.3 is 24.0 Å². The maximum absolute atomic E-state index is 12.9. The van der Waals surface area contributed by atoms with Crippen LogP contribution in [0.3, 0.4) is 0 Å². The average molecular weight is 466 g/mol. The number of alkyl carbamates (subject to hydrolysis) is 1. The van der Waals surface area contributed by atoms with Crippen molar-refractivity contribution in [3.05, 3.63) is 35.9 Å². The van der Waals surface area contributed by atoms with Gasteiger partial charge in [0.05, 0.1) is 33.7 Å². The lowest BCUT2D eigenvalue weighted by Crippen LogP contribution is -2.57. The molecule has 0 aromatic heterocycles. The van der Waals surface area contributed by atoms with E-state index in [9.17, 15) is 24.0 Å². The number of benzene rings is 1. The first-order valence-electron chi connectivity index (χ1n) is 10.1. The molecular weight excluding hydrogens is 436 g/mol. The van der Waals surface area contributed by atoms with Crippen molar-refractivity contribution in [3.63, 3.8) is 0 Å². The second kappa shape index (κ2) is 13.7. The van der Waals surface area contributed by atoms with E-state index in [1.54, 1.807) is 38.1 Å². The number of carbonyl (C=O) groups is 5. The molecule has 2 amide bonds. The highest BCUT2D eigenvalue weighted by molar-refractivity contribution is 5.93. The van der Waals surface area contributed by atoms with Crippen molar-refractivity contribution in [2.45, 2.75) is 39.0 Å². The van der Waals surface area contributed by atoms with Crippen LogP contribution in [-0.4, -0.2) is 63.3 Å². The fourth-order valence-electron chi connectivity index (χ4n) is 2.87. The first kappa shape index (κ1) is 27.4. The molecule has 0 fully saturated rings. The standard InChI is InChI=1S/C22H30N2O9/c1-13(2)17(24-22(29)33-12-14-9-7-6-8-10-14)19(26)23-18(21(28)32-5)15(20(27)31-4)11-16(25)30-3/h6-10,13,15,17-18H,11-12H2,1-5H3,(H,23,26)(H,24,29)/t15-,17+,18-/m0/s1. The molecule has 0 saturated carbocycles. The van der Waals surface area contributed by atoms with Crippen LogP contribution in [0.15, 0.2) is 30.3 Å². The molecule has 0 bridgehead atoms. The minimum Gasteiger partial charge on any atom is -0.469 e. The Labute approximate surface area is 192 Å². The molecule has 182 valence electrons. The van der Waals surface area contributed by atoms with Crippen LogP contribution in [0.2, 0.25) is 0 Å². The SMILES string of the molecule is COC(=O)C[C@H](C(=O)OC)[C@H](NC(=O)[C@H](NC(=O)OCc1ccccc1)C(C)C)C(=O)OC. The molecule has 1 rings (SSSR count). The molecular formula is C22H30N2O9. The molecule has 0 heterocycles. The topological polar surface area (TPSA) is 146 Å². The maximum atomic E-state index is 12.9. The molecule has 0 unspecified atom stereocenters. The van der Waals surface area contributed by atoms with Crippen LogP contribution in [0.25, 0.3) is 0 Å². The number of methoxy groups -OCH3 is 3. The van der Waals surface area contributed by atoms with Crippen LogP contribution >= 0.6 is 0 Å². The van der Waals surface area contributed by atoms with Gasteiger partial charge in [0, 0.05) is 0 Å². The Bertz CT molecular complexity index is 826. The third-order valence-corrected chi connectivity index (χ3v) is 4.71. The molecule has 33 heavy (non-hydrogen) atoms. The smallest absolute Gasteiger partial charge is 0.408 e. The van der Waals surface area contributed by atoms with Gasteiger partial charge in [-0.05, 0) is 11.5 Å². The molecule has 0 aliphatic heterocycles. The molecule has 1 aromatic carbocycles. The average Bonchev–Trinajstić information content (AvgIpc) is 2.82. The van der Waals surface area contributed by atoms with Crippen molar-refractivity contribution >= 4 is 29.9 Å². The summed E-state index contributed by atoms with van der Waals surface area (Å²) < 4.78 is 19.1. The number of ether oxygens (including phenoxy) is 4. The Morgan fingerprint density at radius 3 is 1.94 bits per heavy atom. The largest absolute Gasteiger partial charge is 0.469 e. The van der Waals surface area contributed by atoms with Crippen molar-refractivity contribution in [2.75, 3.05) is 21.3 Å². The quantitative estimate of drug-likeness (QED) is 0.359. The van der Waals surface area contributed by atoms with E-state index in [1.165, 1.54) is 0 Å². The number of nitrogens with one attached hydrogen (secondary N) is 2. The highest BCUT2D eigenvalue weighted by Crippen LogP contribution is 2.15. The molecule has 0 saturated heterocycles. The molecule has 3 atom stereocenters. The van der Waals surface area contributed by atoms with Gasteiger partial charge in [-0.15, -0.1) is 0 Å². The predicted octanol–water partition coefficient (Wildman–Crippen LogP) is 0.948. The molecule has 2 N–H and O–H groups in total. The first-order valence-corrected chi connectivity index (χ1v) is 10.1. The lowest BCUT2D eigenvalue weighted by molar-refractivity contribution is -0.159. The number of hydrogen-bond acceptors (Lipinski definition) is 9. The highest BCUT2D eigenvalue weighted by atomic mass is 16.6. The van der Waals surface area contributed by atoms with E-state index in [0.29, 0.717) is 0 Å². The van der Waals surface area contributed by atoms with Gasteiger partial charge in [0.25, 0.3) is 0 Å². The Morgan fingerprint density at radius 2 is 1.42 bits per heavy atom. The Kier molecular flexibility index (Phi) is 11.4. The molecule has 0 aliphatic rings. The summed E-state index contributed by atoms with van der Waals surface area (Å²) in [5.74, 6) is -5.29. The number of esters is 3. The van der Waals surface area contributed by atoms with E-state index < -0.39 is 60.2 Å². The lowest BCUT2D eigenvalue weighted by Gasteiger charge is -2.27. The summed E-state index contributed by atoms with van der Waals surface area (Å²) in [6, 6.07) is 6.28. The Hall–Kier alpha value is -3.63. The fraction of sp³-hybridized carbons (Fsp3) is 0.500. The maximum Gasteiger partial charge on any atom is 0.408 e. The summed E-state index contributed by atoms with van der Waals surface area (Å²) in [5, 5.41) is 4.83. The van der Waals surface area contributed by atoms with Gasteiger partial charge in [0.1, 0.15) is 18.7 Å². The molecule has 0 aliphatic carbocycles. The van der Waals surface area contributed by atoms with E-state index in [2.05, 4.69) is 24.8 Å². The zero-order valence-corrected chi connectivity index (χ0v) is 19.3. The molecule has 0 spiro atoms. The third-order valence-electron chi connectivity index (χ3n) is 4.71. The summed E-state index contributed by atoms with van der Waals surface area (Å²) in [7, 11) is 3.25. The Balaban J connectivity index is 2.97. The molecule has 11 heteroatoms. The first-order chi connectivity index (χ1) is 15.6. The van der Waals surface area contributed by atoms with Crippen LogP contribution in [0.1, 0.15) is 25.8 Å². The van der Waals surface area contributed by atoms with Crippen LogP contribution in [0.5, 0.6) is 0 Å². The van der Waals surface area contributed by atoms with Crippen LogP contribution in [0.4, 0.5) is 4.79 Å². The van der Waals surface area contributed by atoms with Crippen molar-refractivity contribution in [1.29, 1.82) is 0 Å². The van der Waals surface area contributed by atoms with E-state index >= 15 is 0 Å². The van der Waals surface area contributed by atoms with E-state index in [-0.39, 0.29) is 6.61 Å². The van der Waals surface area contributed by atoms with Gasteiger partial charge in [0.2, 0.25) is 5.91 Å². The summed E-state index contributed by atoms with van der Waals surface area (Å²) in [4.78, 5) is 61.5. The molecule has 1 aromatic rings. The molecule has 11 nitrogen and oxygen atoms in total. The number of carbonyl (C=O) groups excluding carboxylic acids is 5. The third kappa shape index (κ3) is 8.79. The van der Waals surface area contributed by atoms with Crippen molar-refractivity contribution in [2.24, 2.45) is 11.8 Å². The molecule has 0 radical (unpaired) electrons. The van der Waals surface area contributed by atoms with Gasteiger partial charge in [0.15, 0.2) is 0 Å². The Morgan fingerprint density at radius 1 is 0.818 bits per heavy atom. The minimum absolute atomic E-state index is 0.00651. The monoisotopic (exact) mass is 466 g/mol. The number of hydrogen-bond donors (Lipinski definition) is 2. The van der Waals surface area contributed by atoms with Gasteiger partial charge in [-0.1, -0.05) is 44.2 Å². The van der Waals surface area contributed by atoms with Gasteiger partial charge in [-0.2, -0.15) is 0 Å². The van der Waals surface area contributed by atoms with Crippen molar-refractivity contribution in [1.82, 2.24) is 10.6 Å². The minimum atomic E-state index is -1.56. The predicted molar refractivity (Wildman–Crippen MR) is 114 cm³/mol. The summed E-state index contributed by atoms with van der Waals surface area (Å²) in [6.45, 7) is 3.33. The summed E-state index contributed by atoms with van der Waals surface area (Å²) in [5.41, 5.74) is 0.757. The van der Waals surface area contributed by atoms with Crippen LogP contribution in [0, 0.1) is 11.8 Å². The van der Waals surface area contributed by atoms with Crippen LogP contribution in [-0.2, 0) is 44.7 Å². The van der Waals surface area contributed by atoms with Gasteiger partial charge in [-0.3, -0.25) is 14.4 Å². The zero-order chi connectivity index (χ0) is 25.0. The highest BCUT2D eigenvalue weighted by Gasteiger charge is 2.40. The lowest BCUT2D eigenvalue weighted by atomic mass is 9.94. The van der Waals surface area contributed by atoms with Gasteiger partial charge < -0.3 is 29.6 Å². The van der Waals surface area contributed by atoms with E-state index in [0.717, 1.165) is 26.9 Å². The van der Waals surface area contributed by atoms with Crippen LogP contribution < -0.4 is 10.6 Å². The fourth-order valence-corrected chi connectivity index (χ4v) is 2.87. The van der Waals surface area contributed by atoms with E-state index in [4.69, 9.17) is 4.74 Å². The van der Waals surface area contributed by atoms with Gasteiger partial charge in [-0.25, -0.2) is 9.59 Å². The zero-order valence-electron chi connectivity index (χ0n) is 19.3. The van der Waals surface area contributed by atoms with Crippen molar-refractivity contribution in [3.8, 4) is 0 Å². The number of amides is 2. The second-order valence-electron chi connectivity index (χ2n) is 7.35. The summed E-state index contributed by atoms with van der Waals surface area (Å²) in [6.07, 6.45) is -1.39. The normalized spacial score (nSPS) is 13.2. The van der Waals surface area contributed by atoms with Crippen molar-refractivity contribution < 1.29 is 42.9 Å². The van der Waals surface area contributed by atoms with E-state index in [1.807, 2.05) is 6.07 Å². The second-order valence-corrected chi connectivity index (χ2v) is 7.35. The summed E-state index contributed by atoms with van der Waals surface area (Å²) >= 11 is 0.